The molecule has 3 rings (SSSR count). The summed E-state index contributed by atoms with van der Waals surface area (Å²) in [6.07, 6.45) is 0.428. The molecule has 0 unspecified atom stereocenters. The van der Waals surface area contributed by atoms with Crippen molar-refractivity contribution in [1.29, 1.82) is 0 Å². The van der Waals surface area contributed by atoms with Gasteiger partial charge < -0.3 is 39.1 Å². The van der Waals surface area contributed by atoms with E-state index in [2.05, 4.69) is 19.8 Å². The molecule has 0 bridgehead atoms. The summed E-state index contributed by atoms with van der Waals surface area (Å²) in [7, 11) is 1.27. The number of hydrogen-bond acceptors (Lipinski definition) is 11. The van der Waals surface area contributed by atoms with Gasteiger partial charge in [-0.3, -0.25) is 14.4 Å². The summed E-state index contributed by atoms with van der Waals surface area (Å²) < 4.78 is 24.3. The Bertz CT molecular complexity index is 1070. The quantitative estimate of drug-likeness (QED) is 0.260. The van der Waals surface area contributed by atoms with Crippen molar-refractivity contribution in [1.82, 2.24) is 10.3 Å². The summed E-state index contributed by atoms with van der Waals surface area (Å²) in [6, 6.07) is 0. The number of carbonyl (C=O) groups excluding carboxylic acids is 4. The number of esters is 3. The van der Waals surface area contributed by atoms with E-state index in [4.69, 9.17) is 14.2 Å². The van der Waals surface area contributed by atoms with Crippen molar-refractivity contribution in [2.24, 2.45) is 0 Å². The molecule has 3 N–H and O–H groups in total. The maximum absolute atomic E-state index is 11.7. The largest absolute Gasteiger partial charge is 0.506 e. The van der Waals surface area contributed by atoms with Crippen LogP contribution in [0, 0.1) is 0 Å². The molecule has 198 valence electrons. The zero-order valence-electron chi connectivity index (χ0n) is 20.4. The number of pyridine rings is 1. The van der Waals surface area contributed by atoms with Crippen molar-refractivity contribution >= 4 is 23.8 Å². The molecular weight excluding hydrogens is 480 g/mol. The van der Waals surface area contributed by atoms with E-state index in [1.807, 2.05) is 0 Å². The van der Waals surface area contributed by atoms with Gasteiger partial charge in [0.1, 0.15) is 12.2 Å². The van der Waals surface area contributed by atoms with Crippen LogP contribution in [0.5, 0.6) is 5.75 Å². The first-order valence-corrected chi connectivity index (χ1v) is 11.3. The molecule has 0 aromatic carbocycles. The van der Waals surface area contributed by atoms with Gasteiger partial charge >= 0.3 is 17.9 Å². The Labute approximate surface area is 206 Å². The predicted octanol–water partition coefficient (Wildman–Crippen LogP) is 0.233. The van der Waals surface area contributed by atoms with Crippen LogP contribution in [0.3, 0.4) is 0 Å². The summed E-state index contributed by atoms with van der Waals surface area (Å²) >= 11 is 0. The van der Waals surface area contributed by atoms with Crippen LogP contribution in [0.4, 0.5) is 0 Å². The molecule has 2 aliphatic heterocycles. The van der Waals surface area contributed by atoms with E-state index >= 15 is 0 Å². The first-order chi connectivity index (χ1) is 17.2. The molecule has 0 aliphatic carbocycles. The highest BCUT2D eigenvalue weighted by Gasteiger charge is 2.25. The average Bonchev–Trinajstić information content (AvgIpc) is 2.84. The first kappa shape index (κ1) is 28.5. The summed E-state index contributed by atoms with van der Waals surface area (Å²) in [5.74, 6) is -2.75. The molecule has 0 spiro atoms. The lowest BCUT2D eigenvalue weighted by molar-refractivity contribution is -0.145. The van der Waals surface area contributed by atoms with Crippen LogP contribution in [-0.2, 0) is 51.1 Å². The second-order valence-electron chi connectivity index (χ2n) is 7.44. The van der Waals surface area contributed by atoms with Crippen LogP contribution in [-0.4, -0.2) is 74.0 Å². The normalized spacial score (nSPS) is 14.5. The van der Waals surface area contributed by atoms with Crippen LogP contribution in [0.1, 0.15) is 48.3 Å². The van der Waals surface area contributed by atoms with E-state index in [0.29, 0.717) is 48.6 Å². The molecule has 2 aliphatic rings. The van der Waals surface area contributed by atoms with Gasteiger partial charge in [0.05, 0.1) is 63.7 Å². The van der Waals surface area contributed by atoms with E-state index in [1.165, 1.54) is 7.11 Å². The number of ether oxygens (including phenoxy) is 5. The summed E-state index contributed by atoms with van der Waals surface area (Å²) in [6.45, 7) is 4.85. The van der Waals surface area contributed by atoms with Crippen molar-refractivity contribution in [3.8, 4) is 5.75 Å². The van der Waals surface area contributed by atoms with Gasteiger partial charge in [0.15, 0.2) is 5.56 Å². The van der Waals surface area contributed by atoms with Crippen molar-refractivity contribution < 1.29 is 48.0 Å². The lowest BCUT2D eigenvalue weighted by atomic mass is 10.0. The number of hydrogen-bond donors (Lipinski definition) is 3. The van der Waals surface area contributed by atoms with Crippen molar-refractivity contribution in [2.75, 3.05) is 40.1 Å². The molecule has 1 amide bonds. The maximum Gasteiger partial charge on any atom is 0.347 e. The number of nitrogens with one attached hydrogen (secondary N) is 2. The molecule has 0 saturated heterocycles. The highest BCUT2D eigenvalue weighted by Crippen LogP contribution is 2.26. The zero-order valence-corrected chi connectivity index (χ0v) is 20.4. The van der Waals surface area contributed by atoms with Gasteiger partial charge in [0.2, 0.25) is 5.91 Å². The lowest BCUT2D eigenvalue weighted by Gasteiger charge is -2.19. The minimum Gasteiger partial charge on any atom is -0.506 e. The van der Waals surface area contributed by atoms with E-state index < -0.39 is 35.8 Å². The highest BCUT2D eigenvalue weighted by molar-refractivity contribution is 5.96. The highest BCUT2D eigenvalue weighted by atomic mass is 16.5. The second kappa shape index (κ2) is 14.0. The van der Waals surface area contributed by atoms with Gasteiger partial charge in [0.25, 0.3) is 5.56 Å². The van der Waals surface area contributed by atoms with Crippen LogP contribution in [0.15, 0.2) is 16.1 Å². The molecule has 0 saturated carbocycles. The first-order valence-electron chi connectivity index (χ1n) is 11.3. The number of methoxy groups -OCH3 is 1. The molecule has 1 aromatic heterocycles. The molecular formula is C23H30N2O11. The Balaban J connectivity index is 0.000000255. The number of rotatable bonds is 7. The fraction of sp³-hybridized carbons (Fsp3) is 0.522. The standard InChI is InChI=1S/C12H17NO6.C11H13NO5/c1-3-19-11(15)6-10(14)13-9-7-18-5-4-8(9)12(16)17-2;1-2-17-11(15)8-9(13)6-3-4-16-5-7(6)12-10(8)14/h3-7H2,1-2H3,(H,13,14);2-5H2,1H3,(H2,12,13,14). The lowest BCUT2D eigenvalue weighted by Crippen LogP contribution is -2.32. The smallest absolute Gasteiger partial charge is 0.347 e. The van der Waals surface area contributed by atoms with Crippen molar-refractivity contribution in [3.05, 3.63) is 38.4 Å². The van der Waals surface area contributed by atoms with Gasteiger partial charge in [-0.05, 0) is 13.8 Å². The fourth-order valence-corrected chi connectivity index (χ4v) is 3.41. The molecule has 0 atom stereocenters. The molecule has 36 heavy (non-hydrogen) atoms. The topological polar surface area (TPSA) is 180 Å². The second-order valence-corrected chi connectivity index (χ2v) is 7.44. The third-order valence-electron chi connectivity index (χ3n) is 5.04. The number of fused-ring (bicyclic) bond motifs is 1. The molecule has 1 aromatic rings. The fourth-order valence-electron chi connectivity index (χ4n) is 3.41. The van der Waals surface area contributed by atoms with E-state index in [-0.39, 0.29) is 37.7 Å². The summed E-state index contributed by atoms with van der Waals surface area (Å²) in [5, 5.41) is 12.4. The Morgan fingerprint density at radius 2 is 1.67 bits per heavy atom. The molecule has 13 nitrogen and oxygen atoms in total. The number of amides is 1. The van der Waals surface area contributed by atoms with Gasteiger partial charge in [-0.1, -0.05) is 0 Å². The molecule has 0 fully saturated rings. The van der Waals surface area contributed by atoms with Crippen molar-refractivity contribution in [2.45, 2.75) is 39.7 Å². The van der Waals surface area contributed by atoms with E-state index in [0.717, 1.165) is 0 Å². The maximum atomic E-state index is 11.7. The third-order valence-corrected chi connectivity index (χ3v) is 5.04. The van der Waals surface area contributed by atoms with E-state index in [9.17, 15) is 29.1 Å². The van der Waals surface area contributed by atoms with Gasteiger partial charge in [-0.25, -0.2) is 9.59 Å². The van der Waals surface area contributed by atoms with E-state index in [1.54, 1.807) is 13.8 Å². The number of H-pyrrole nitrogens is 1. The number of aromatic nitrogens is 1. The number of aromatic hydroxyl groups is 1. The van der Waals surface area contributed by atoms with Gasteiger partial charge in [-0.2, -0.15) is 0 Å². The average molecular weight is 510 g/mol. The number of aromatic amines is 1. The third kappa shape index (κ3) is 7.65. The van der Waals surface area contributed by atoms with Gasteiger partial charge in [0, 0.05) is 18.4 Å². The van der Waals surface area contributed by atoms with Crippen molar-refractivity contribution in [3.63, 3.8) is 0 Å². The van der Waals surface area contributed by atoms with Crippen LogP contribution in [0.25, 0.3) is 0 Å². The monoisotopic (exact) mass is 510 g/mol. The van der Waals surface area contributed by atoms with Crippen LogP contribution >= 0.6 is 0 Å². The Morgan fingerprint density at radius 1 is 1.00 bits per heavy atom. The zero-order chi connectivity index (χ0) is 26.7. The molecule has 0 radical (unpaired) electrons. The van der Waals surface area contributed by atoms with Crippen LogP contribution < -0.4 is 10.9 Å². The SMILES string of the molecule is CCOC(=O)CC(=O)NC1=C(C(=O)OC)CCOC1.CCOC(=O)c1c(O)c2c([nH]c1=O)COCC2. The Morgan fingerprint density at radius 3 is 2.33 bits per heavy atom. The summed E-state index contributed by atoms with van der Waals surface area (Å²) in [5.41, 5.74) is 0.807. The Kier molecular flexibility index (Phi) is 11.1. The molecule has 13 heteroatoms. The minimum absolute atomic E-state index is 0.110. The Hall–Kier alpha value is -3.71. The summed E-state index contributed by atoms with van der Waals surface area (Å²) in [4.78, 5) is 60.0. The number of carbonyl (C=O) groups is 4. The molecule has 3 heterocycles. The van der Waals surface area contributed by atoms with Crippen LogP contribution in [0.2, 0.25) is 0 Å². The van der Waals surface area contributed by atoms with Gasteiger partial charge in [-0.15, -0.1) is 0 Å². The minimum atomic E-state index is -0.805. The predicted molar refractivity (Wildman–Crippen MR) is 122 cm³/mol.